The maximum absolute atomic E-state index is 13.0. The second-order valence-electron chi connectivity index (χ2n) is 8.67. The van der Waals surface area contributed by atoms with E-state index < -0.39 is 15.9 Å². The number of benzene rings is 2. The maximum atomic E-state index is 13.0. The molecule has 1 aromatic heterocycles. The molecule has 180 valence electrons. The minimum absolute atomic E-state index is 0.0339. The Kier molecular flexibility index (Phi) is 6.21. The van der Waals surface area contributed by atoms with Crippen LogP contribution in [0.4, 0.5) is 0 Å². The number of sulfone groups is 1. The van der Waals surface area contributed by atoms with Gasteiger partial charge in [-0.2, -0.15) is 10.2 Å². The smallest absolute Gasteiger partial charge is 0.267 e. The van der Waals surface area contributed by atoms with Gasteiger partial charge in [0.1, 0.15) is 5.71 Å². The molecule has 0 unspecified atom stereocenters. The number of hydrazone groups is 1. The molecule has 2 amide bonds. The van der Waals surface area contributed by atoms with Crippen molar-refractivity contribution in [3.63, 3.8) is 0 Å². The Balaban J connectivity index is 1.36. The quantitative estimate of drug-likeness (QED) is 0.569. The lowest BCUT2D eigenvalue weighted by Crippen LogP contribution is -2.43. The Morgan fingerprint density at radius 1 is 1.03 bits per heavy atom. The van der Waals surface area contributed by atoms with Gasteiger partial charge in [-0.3, -0.25) is 9.59 Å². The molecule has 3 aromatic rings. The van der Waals surface area contributed by atoms with E-state index in [1.54, 1.807) is 4.68 Å². The molecular weight excluding hydrogens is 466 g/mol. The van der Waals surface area contributed by atoms with Crippen molar-refractivity contribution in [1.82, 2.24) is 20.1 Å². The molecule has 1 atom stereocenters. The number of amides is 2. The molecule has 0 radical (unpaired) electrons. The third-order valence-corrected chi connectivity index (χ3v) is 7.92. The third kappa shape index (κ3) is 5.02. The van der Waals surface area contributed by atoms with Crippen molar-refractivity contribution in [3.8, 4) is 16.9 Å². The highest BCUT2D eigenvalue weighted by Gasteiger charge is 2.37. The van der Waals surface area contributed by atoms with E-state index >= 15 is 0 Å². The minimum Gasteiger partial charge on any atom is -0.347 e. The molecule has 2 aromatic carbocycles. The van der Waals surface area contributed by atoms with Gasteiger partial charge in [-0.25, -0.2) is 18.1 Å². The van der Waals surface area contributed by atoms with Crippen molar-refractivity contribution < 1.29 is 18.0 Å². The van der Waals surface area contributed by atoms with Crippen molar-refractivity contribution in [2.45, 2.75) is 31.8 Å². The summed E-state index contributed by atoms with van der Waals surface area (Å²) in [6.45, 7) is 0.223. The van der Waals surface area contributed by atoms with Crippen molar-refractivity contribution >= 4 is 27.4 Å². The molecule has 2 aliphatic heterocycles. The molecule has 1 saturated heterocycles. The summed E-state index contributed by atoms with van der Waals surface area (Å²) >= 11 is 0. The summed E-state index contributed by atoms with van der Waals surface area (Å²) in [5, 5.41) is 13.1. The van der Waals surface area contributed by atoms with Crippen LogP contribution in [-0.4, -0.2) is 58.3 Å². The Morgan fingerprint density at radius 2 is 1.74 bits per heavy atom. The number of hydrogen-bond donors (Lipinski definition) is 1. The van der Waals surface area contributed by atoms with Crippen LogP contribution in [0.3, 0.4) is 0 Å². The van der Waals surface area contributed by atoms with E-state index in [0.29, 0.717) is 6.42 Å². The maximum Gasteiger partial charge on any atom is 0.267 e. The number of carbonyl (C=O) groups is 2. The second-order valence-corrected chi connectivity index (χ2v) is 10.9. The molecular formula is C25H25N5O4S. The molecule has 9 nitrogen and oxygen atoms in total. The van der Waals surface area contributed by atoms with E-state index in [0.717, 1.165) is 22.5 Å². The molecule has 0 saturated carbocycles. The molecule has 1 N–H and O–H groups in total. The standard InChI is InChI=1S/C25H25N5O4S/c31-23-12-11-22(27-30(23)21-13-14-35(33,34)17-21)25(32)26-15-19-16-29(20-9-5-2-6-10-20)28-24(19)18-7-3-1-4-8-18/h1-10,16,21H,11-15,17H2,(H,26,32)/t21-/m1/s1. The number of aromatic nitrogens is 2. The number of rotatable bonds is 6. The van der Waals surface area contributed by atoms with Crippen LogP contribution in [0.25, 0.3) is 16.9 Å². The summed E-state index contributed by atoms with van der Waals surface area (Å²) in [6.07, 6.45) is 2.57. The highest BCUT2D eigenvalue weighted by atomic mass is 32.2. The Bertz CT molecular complexity index is 1380. The van der Waals surface area contributed by atoms with E-state index in [1.807, 2.05) is 66.9 Å². The second kappa shape index (κ2) is 9.46. The van der Waals surface area contributed by atoms with Crippen molar-refractivity contribution in [1.29, 1.82) is 0 Å². The summed E-state index contributed by atoms with van der Waals surface area (Å²) in [5.41, 5.74) is 3.65. The van der Waals surface area contributed by atoms with Gasteiger partial charge in [-0.05, 0) is 18.6 Å². The fourth-order valence-corrected chi connectivity index (χ4v) is 6.05. The van der Waals surface area contributed by atoms with Gasteiger partial charge in [0.2, 0.25) is 5.91 Å². The summed E-state index contributed by atoms with van der Waals surface area (Å²) in [5.74, 6) is -0.712. The minimum atomic E-state index is -3.18. The molecule has 1 fully saturated rings. The highest BCUT2D eigenvalue weighted by Crippen LogP contribution is 2.24. The van der Waals surface area contributed by atoms with Crippen LogP contribution >= 0.6 is 0 Å². The number of nitrogens with one attached hydrogen (secondary N) is 1. The zero-order chi connectivity index (χ0) is 24.4. The largest absolute Gasteiger partial charge is 0.347 e. The summed E-state index contributed by atoms with van der Waals surface area (Å²) < 4.78 is 25.5. The number of carbonyl (C=O) groups excluding carboxylic acids is 2. The molecule has 0 spiro atoms. The van der Waals surface area contributed by atoms with Crippen LogP contribution in [-0.2, 0) is 26.0 Å². The van der Waals surface area contributed by atoms with Crippen LogP contribution in [0.2, 0.25) is 0 Å². The molecule has 0 bridgehead atoms. The van der Waals surface area contributed by atoms with Crippen molar-refractivity contribution in [2.24, 2.45) is 5.10 Å². The Morgan fingerprint density at radius 3 is 2.43 bits per heavy atom. The van der Waals surface area contributed by atoms with Gasteiger partial charge in [0, 0.05) is 36.7 Å². The van der Waals surface area contributed by atoms with Crippen LogP contribution in [0.5, 0.6) is 0 Å². The van der Waals surface area contributed by atoms with E-state index in [1.165, 1.54) is 5.01 Å². The average molecular weight is 492 g/mol. The first-order valence-electron chi connectivity index (χ1n) is 11.5. The molecule has 3 heterocycles. The van der Waals surface area contributed by atoms with Crippen LogP contribution in [0.15, 0.2) is 72.0 Å². The van der Waals surface area contributed by atoms with Gasteiger partial charge in [0.05, 0.1) is 28.9 Å². The average Bonchev–Trinajstić information content (AvgIpc) is 3.47. The number of nitrogens with zero attached hydrogens (tertiary/aromatic N) is 4. The predicted molar refractivity (Wildman–Crippen MR) is 131 cm³/mol. The topological polar surface area (TPSA) is 114 Å². The molecule has 5 rings (SSSR count). The first-order chi connectivity index (χ1) is 16.9. The fraction of sp³-hybridized carbons (Fsp3) is 0.280. The predicted octanol–water partition coefficient (Wildman–Crippen LogP) is 2.32. The summed E-state index contributed by atoms with van der Waals surface area (Å²) in [6, 6.07) is 18.9. The third-order valence-electron chi connectivity index (χ3n) is 6.17. The Labute approximate surface area is 203 Å². The monoisotopic (exact) mass is 491 g/mol. The van der Waals surface area contributed by atoms with Gasteiger partial charge < -0.3 is 5.32 Å². The molecule has 0 aliphatic carbocycles. The SMILES string of the molecule is O=C(NCc1cn(-c2ccccc2)nc1-c1ccccc1)C1=NN([C@@H]2CCS(=O)(=O)C2)C(=O)CC1. The molecule has 10 heteroatoms. The van der Waals surface area contributed by atoms with Crippen molar-refractivity contribution in [2.75, 3.05) is 11.5 Å². The first-order valence-corrected chi connectivity index (χ1v) is 13.3. The van der Waals surface area contributed by atoms with E-state index in [-0.39, 0.29) is 48.4 Å². The van der Waals surface area contributed by atoms with Gasteiger partial charge in [0.25, 0.3) is 5.91 Å². The zero-order valence-electron chi connectivity index (χ0n) is 19.0. The van der Waals surface area contributed by atoms with Gasteiger partial charge >= 0.3 is 0 Å². The lowest BCUT2D eigenvalue weighted by atomic mass is 10.1. The van der Waals surface area contributed by atoms with Crippen LogP contribution < -0.4 is 5.32 Å². The zero-order valence-corrected chi connectivity index (χ0v) is 19.8. The van der Waals surface area contributed by atoms with E-state index in [2.05, 4.69) is 10.4 Å². The fourth-order valence-electron chi connectivity index (χ4n) is 4.36. The van der Waals surface area contributed by atoms with E-state index in [4.69, 9.17) is 5.10 Å². The Hall–Kier alpha value is -3.79. The number of para-hydroxylation sites is 1. The van der Waals surface area contributed by atoms with Crippen LogP contribution in [0.1, 0.15) is 24.8 Å². The first kappa shape index (κ1) is 23.0. The van der Waals surface area contributed by atoms with Crippen LogP contribution in [0, 0.1) is 0 Å². The van der Waals surface area contributed by atoms with E-state index in [9.17, 15) is 18.0 Å². The lowest BCUT2D eigenvalue weighted by molar-refractivity contribution is -0.133. The van der Waals surface area contributed by atoms with Gasteiger partial charge in [-0.15, -0.1) is 0 Å². The van der Waals surface area contributed by atoms with Gasteiger partial charge in [-0.1, -0.05) is 48.5 Å². The number of hydrogen-bond acceptors (Lipinski definition) is 6. The lowest BCUT2D eigenvalue weighted by Gasteiger charge is -2.27. The molecule has 2 aliphatic rings. The molecule has 35 heavy (non-hydrogen) atoms. The highest BCUT2D eigenvalue weighted by molar-refractivity contribution is 7.91. The summed E-state index contributed by atoms with van der Waals surface area (Å²) in [4.78, 5) is 25.3. The summed E-state index contributed by atoms with van der Waals surface area (Å²) in [7, 11) is -3.18. The van der Waals surface area contributed by atoms with Gasteiger partial charge in [0.15, 0.2) is 9.84 Å². The van der Waals surface area contributed by atoms with Crippen molar-refractivity contribution in [3.05, 3.63) is 72.4 Å². The normalized spacial score (nSPS) is 19.4.